The summed E-state index contributed by atoms with van der Waals surface area (Å²) < 4.78 is 0. The lowest BCUT2D eigenvalue weighted by Crippen LogP contribution is -2.22. The fourth-order valence-electron chi connectivity index (χ4n) is 0.871. The van der Waals surface area contributed by atoms with Gasteiger partial charge in [0, 0.05) is 12.1 Å². The molecular weight excluding hydrogens is 176 g/mol. The number of nitrogens with two attached hydrogens (primary N) is 1. The van der Waals surface area contributed by atoms with Crippen LogP contribution in [-0.4, -0.2) is 21.2 Å². The molecule has 1 rings (SSSR count). The first-order valence-electron chi connectivity index (χ1n) is 3.42. The second-order valence-corrected chi connectivity index (χ2v) is 2.48. The molecule has 0 fully saturated rings. The smallest absolute Gasteiger partial charge is 0.325 e. The minimum atomic E-state index is -1.30. The molecule has 0 aliphatic rings. The van der Waals surface area contributed by atoms with Crippen LogP contribution in [0.2, 0.25) is 0 Å². The summed E-state index contributed by atoms with van der Waals surface area (Å²) in [5, 5.41) is 17.4. The number of carboxylic acid groups (broad SMARTS) is 1. The van der Waals surface area contributed by atoms with Crippen LogP contribution in [0.1, 0.15) is 11.6 Å². The Morgan fingerprint density at radius 1 is 1.54 bits per heavy atom. The fourth-order valence-corrected chi connectivity index (χ4v) is 0.871. The van der Waals surface area contributed by atoms with Gasteiger partial charge in [0.05, 0.1) is 0 Å². The van der Waals surface area contributed by atoms with E-state index in [1.807, 2.05) is 0 Å². The average Bonchev–Trinajstić information content (AvgIpc) is 2.01. The van der Waals surface area contributed by atoms with Crippen molar-refractivity contribution in [2.45, 2.75) is 6.04 Å². The number of aromatic hydroxyl groups is 1. The van der Waals surface area contributed by atoms with Gasteiger partial charge in [-0.1, -0.05) is 0 Å². The summed E-state index contributed by atoms with van der Waals surface area (Å²) in [7, 11) is 0. The van der Waals surface area contributed by atoms with Crippen LogP contribution in [0.5, 0.6) is 5.88 Å². The van der Waals surface area contributed by atoms with Gasteiger partial charge in [0.2, 0.25) is 0 Å². The zero-order valence-electron chi connectivity index (χ0n) is 6.52. The zero-order valence-corrected chi connectivity index (χ0v) is 6.52. The van der Waals surface area contributed by atoms with Gasteiger partial charge in [-0.25, -0.2) is 0 Å². The Morgan fingerprint density at radius 2 is 2.15 bits per heavy atom. The van der Waals surface area contributed by atoms with Crippen molar-refractivity contribution in [2.24, 2.45) is 5.73 Å². The van der Waals surface area contributed by atoms with E-state index in [1.165, 1.54) is 0 Å². The third kappa shape index (κ3) is 2.06. The largest absolute Gasteiger partial charge is 0.495 e. The van der Waals surface area contributed by atoms with Crippen molar-refractivity contribution in [1.29, 1.82) is 0 Å². The maximum atomic E-state index is 10.8. The molecule has 13 heavy (non-hydrogen) atoms. The number of nitrogens with one attached hydrogen (secondary N) is 1. The fraction of sp³-hybridized carbons (Fsp3) is 0.143. The monoisotopic (exact) mass is 184 g/mol. The van der Waals surface area contributed by atoms with Crippen LogP contribution >= 0.6 is 0 Å². The number of aromatic nitrogens is 1. The van der Waals surface area contributed by atoms with Crippen molar-refractivity contribution < 1.29 is 15.0 Å². The van der Waals surface area contributed by atoms with E-state index in [2.05, 4.69) is 4.98 Å². The van der Waals surface area contributed by atoms with Crippen LogP contribution in [0.25, 0.3) is 0 Å². The van der Waals surface area contributed by atoms with Crippen LogP contribution in [-0.2, 0) is 4.79 Å². The van der Waals surface area contributed by atoms with Crippen molar-refractivity contribution >= 4 is 5.97 Å². The van der Waals surface area contributed by atoms with Crippen LogP contribution < -0.4 is 11.3 Å². The summed E-state index contributed by atoms with van der Waals surface area (Å²) in [5.74, 6) is -1.66. The number of rotatable bonds is 2. The Balaban J connectivity index is 3.15. The molecule has 1 heterocycles. The summed E-state index contributed by atoms with van der Waals surface area (Å²) in [6.45, 7) is 0. The molecule has 1 atom stereocenters. The van der Waals surface area contributed by atoms with Gasteiger partial charge in [-0.05, 0) is 5.56 Å². The van der Waals surface area contributed by atoms with E-state index in [1.54, 1.807) is 0 Å². The van der Waals surface area contributed by atoms with E-state index in [-0.39, 0.29) is 5.56 Å². The van der Waals surface area contributed by atoms with Gasteiger partial charge >= 0.3 is 5.97 Å². The molecule has 0 radical (unpaired) electrons. The number of carboxylic acids is 1. The van der Waals surface area contributed by atoms with E-state index in [0.717, 1.165) is 12.1 Å². The third-order valence-corrected chi connectivity index (χ3v) is 1.48. The molecule has 6 heteroatoms. The average molecular weight is 184 g/mol. The van der Waals surface area contributed by atoms with Gasteiger partial charge in [0.15, 0.2) is 5.88 Å². The first-order chi connectivity index (χ1) is 6.00. The molecule has 0 amide bonds. The van der Waals surface area contributed by atoms with E-state index >= 15 is 0 Å². The van der Waals surface area contributed by atoms with Gasteiger partial charge in [-0.3, -0.25) is 14.6 Å². The van der Waals surface area contributed by atoms with Gasteiger partial charge < -0.3 is 15.9 Å². The van der Waals surface area contributed by atoms with Crippen molar-refractivity contribution in [3.05, 3.63) is 28.0 Å². The highest BCUT2D eigenvalue weighted by Gasteiger charge is 2.15. The molecule has 70 valence electrons. The third-order valence-electron chi connectivity index (χ3n) is 1.48. The lowest BCUT2D eigenvalue weighted by atomic mass is 10.1. The number of aliphatic carboxylic acids is 1. The molecule has 0 aliphatic heterocycles. The molecule has 0 saturated heterocycles. The lowest BCUT2D eigenvalue weighted by Gasteiger charge is -2.05. The van der Waals surface area contributed by atoms with Crippen LogP contribution in [0.15, 0.2) is 16.9 Å². The van der Waals surface area contributed by atoms with E-state index < -0.39 is 23.5 Å². The maximum Gasteiger partial charge on any atom is 0.325 e. The quantitative estimate of drug-likeness (QED) is 0.478. The Bertz CT molecular complexity index is 384. The minimum Gasteiger partial charge on any atom is -0.495 e. The molecule has 1 unspecified atom stereocenters. The van der Waals surface area contributed by atoms with E-state index in [4.69, 9.17) is 15.9 Å². The summed E-state index contributed by atoms with van der Waals surface area (Å²) in [5.41, 5.74) is 4.68. The predicted octanol–water partition coefficient (Wildman–Crippen LogP) is -0.835. The first kappa shape index (κ1) is 9.27. The van der Waals surface area contributed by atoms with Gasteiger partial charge in [-0.15, -0.1) is 0 Å². The van der Waals surface area contributed by atoms with Crippen molar-refractivity contribution in [1.82, 2.24) is 4.98 Å². The standard InChI is InChI=1S/C7H8N2O4/c8-6(7(12)13)3-1-4(10)9-5(11)2-3/h1-2,6H,8H2,(H,12,13)(H2,9,10,11). The number of aromatic amines is 1. The normalized spacial score (nSPS) is 12.4. The topological polar surface area (TPSA) is 116 Å². The van der Waals surface area contributed by atoms with Gasteiger partial charge in [0.1, 0.15) is 6.04 Å². The number of pyridine rings is 1. The Morgan fingerprint density at radius 3 is 2.62 bits per heavy atom. The number of H-pyrrole nitrogens is 1. The van der Waals surface area contributed by atoms with E-state index in [0.29, 0.717) is 0 Å². The number of hydrogen-bond donors (Lipinski definition) is 4. The lowest BCUT2D eigenvalue weighted by molar-refractivity contribution is -0.138. The Labute approximate surface area is 72.6 Å². The Hall–Kier alpha value is -1.82. The van der Waals surface area contributed by atoms with Gasteiger partial charge in [0.25, 0.3) is 5.56 Å². The maximum absolute atomic E-state index is 10.8. The van der Waals surface area contributed by atoms with Gasteiger partial charge in [-0.2, -0.15) is 0 Å². The molecule has 0 saturated carbocycles. The molecule has 1 aromatic heterocycles. The van der Waals surface area contributed by atoms with Crippen molar-refractivity contribution in [3.8, 4) is 5.88 Å². The molecular formula is C7H8N2O4. The zero-order chi connectivity index (χ0) is 10.0. The molecule has 0 spiro atoms. The molecule has 5 N–H and O–H groups in total. The molecule has 6 nitrogen and oxygen atoms in total. The highest BCUT2D eigenvalue weighted by Crippen LogP contribution is 2.11. The van der Waals surface area contributed by atoms with Crippen LogP contribution in [0, 0.1) is 0 Å². The number of hydrogen-bond acceptors (Lipinski definition) is 4. The minimum absolute atomic E-state index is 0.0637. The molecule has 0 bridgehead atoms. The Kier molecular flexibility index (Phi) is 2.34. The van der Waals surface area contributed by atoms with Crippen LogP contribution in [0.3, 0.4) is 0 Å². The van der Waals surface area contributed by atoms with Crippen molar-refractivity contribution in [2.75, 3.05) is 0 Å². The van der Waals surface area contributed by atoms with Crippen LogP contribution in [0.4, 0.5) is 0 Å². The SMILES string of the molecule is NC(C(=O)O)c1cc(O)[nH]c(=O)c1. The molecule has 1 aromatic rings. The van der Waals surface area contributed by atoms with Crippen molar-refractivity contribution in [3.63, 3.8) is 0 Å². The summed E-state index contributed by atoms with van der Waals surface area (Å²) in [6, 6.07) is 0.826. The first-order valence-corrected chi connectivity index (χ1v) is 3.42. The summed E-state index contributed by atoms with van der Waals surface area (Å²) in [4.78, 5) is 23.2. The summed E-state index contributed by atoms with van der Waals surface area (Å²) in [6.07, 6.45) is 0. The molecule has 0 aliphatic carbocycles. The molecule has 0 aromatic carbocycles. The highest BCUT2D eigenvalue weighted by atomic mass is 16.4. The second kappa shape index (κ2) is 3.28. The summed E-state index contributed by atoms with van der Waals surface area (Å²) >= 11 is 0. The number of carbonyl (C=O) groups is 1. The second-order valence-electron chi connectivity index (χ2n) is 2.48. The predicted molar refractivity (Wildman–Crippen MR) is 43.3 cm³/mol. The van der Waals surface area contributed by atoms with E-state index in [9.17, 15) is 9.59 Å². The highest BCUT2D eigenvalue weighted by molar-refractivity contribution is 5.75.